The lowest BCUT2D eigenvalue weighted by Gasteiger charge is -2.16. The van der Waals surface area contributed by atoms with Crippen LogP contribution >= 0.6 is 11.6 Å². The Morgan fingerprint density at radius 3 is 2.64 bits per heavy atom. The molecule has 148 valence electrons. The van der Waals surface area contributed by atoms with Crippen LogP contribution < -0.4 is 5.32 Å². The molecule has 0 radical (unpaired) electrons. The van der Waals surface area contributed by atoms with Crippen LogP contribution in [-0.2, 0) is 19.6 Å². The van der Waals surface area contributed by atoms with Crippen molar-refractivity contribution in [2.75, 3.05) is 25.0 Å². The fourth-order valence-electron chi connectivity index (χ4n) is 2.75. The second-order valence-electron chi connectivity index (χ2n) is 6.13. The standard InChI is InChI=1S/C18H18ClN3O5S/c19-16-10-13(6-7-20-16)18(24)27-12-17(23)21-14-4-3-5-15(11-14)28(25,26)22-8-1-2-9-22/h3-7,10-11H,1-2,8-9,12H2,(H,21,23). The molecule has 0 spiro atoms. The third kappa shape index (κ3) is 4.86. The van der Waals surface area contributed by atoms with E-state index in [4.69, 9.17) is 16.3 Å². The molecule has 0 atom stereocenters. The van der Waals surface area contributed by atoms with Crippen LogP contribution in [0.3, 0.4) is 0 Å². The lowest BCUT2D eigenvalue weighted by Crippen LogP contribution is -2.28. The summed E-state index contributed by atoms with van der Waals surface area (Å²) < 4.78 is 31.6. The van der Waals surface area contributed by atoms with Crippen LogP contribution in [0.5, 0.6) is 0 Å². The third-order valence-corrected chi connectivity index (χ3v) is 6.22. The van der Waals surface area contributed by atoms with E-state index >= 15 is 0 Å². The molecule has 28 heavy (non-hydrogen) atoms. The zero-order valence-corrected chi connectivity index (χ0v) is 16.4. The van der Waals surface area contributed by atoms with Crippen molar-refractivity contribution in [2.45, 2.75) is 17.7 Å². The maximum atomic E-state index is 12.6. The summed E-state index contributed by atoms with van der Waals surface area (Å²) in [5.74, 6) is -1.31. The zero-order valence-electron chi connectivity index (χ0n) is 14.8. The summed E-state index contributed by atoms with van der Waals surface area (Å²) in [4.78, 5) is 27.8. The Morgan fingerprint density at radius 1 is 1.18 bits per heavy atom. The van der Waals surface area contributed by atoms with Crippen molar-refractivity contribution < 1.29 is 22.7 Å². The van der Waals surface area contributed by atoms with Gasteiger partial charge in [-0.1, -0.05) is 17.7 Å². The van der Waals surface area contributed by atoms with Gasteiger partial charge in [0, 0.05) is 25.0 Å². The number of pyridine rings is 1. The van der Waals surface area contributed by atoms with Crippen LogP contribution in [0.1, 0.15) is 23.2 Å². The normalized spacial score (nSPS) is 14.6. The Kier molecular flexibility index (Phi) is 6.28. The molecule has 2 aromatic rings. The third-order valence-electron chi connectivity index (χ3n) is 4.12. The minimum Gasteiger partial charge on any atom is -0.452 e. The predicted octanol–water partition coefficient (Wildman–Crippen LogP) is 2.32. The molecule has 0 aliphatic carbocycles. The minimum absolute atomic E-state index is 0.107. The topological polar surface area (TPSA) is 106 Å². The quantitative estimate of drug-likeness (QED) is 0.564. The van der Waals surface area contributed by atoms with Gasteiger partial charge in [0.05, 0.1) is 10.5 Å². The first-order valence-electron chi connectivity index (χ1n) is 8.55. The molecule has 10 heteroatoms. The Balaban J connectivity index is 1.61. The van der Waals surface area contributed by atoms with Crippen molar-refractivity contribution in [1.82, 2.24) is 9.29 Å². The molecular weight excluding hydrogens is 406 g/mol. The average molecular weight is 424 g/mol. The number of sulfonamides is 1. The van der Waals surface area contributed by atoms with Crippen molar-refractivity contribution in [3.05, 3.63) is 53.3 Å². The number of aromatic nitrogens is 1. The lowest BCUT2D eigenvalue weighted by atomic mass is 10.3. The van der Waals surface area contributed by atoms with Gasteiger partial charge in [0.15, 0.2) is 6.61 Å². The summed E-state index contributed by atoms with van der Waals surface area (Å²) in [7, 11) is -3.58. The summed E-state index contributed by atoms with van der Waals surface area (Å²) in [6.07, 6.45) is 3.03. The summed E-state index contributed by atoms with van der Waals surface area (Å²) >= 11 is 5.71. The molecule has 0 saturated carbocycles. The van der Waals surface area contributed by atoms with Crippen molar-refractivity contribution in [2.24, 2.45) is 0 Å². The van der Waals surface area contributed by atoms with E-state index in [-0.39, 0.29) is 15.6 Å². The zero-order chi connectivity index (χ0) is 20.1. The molecule has 8 nitrogen and oxygen atoms in total. The summed E-state index contributed by atoms with van der Waals surface area (Å²) in [6.45, 7) is 0.462. The predicted molar refractivity (Wildman–Crippen MR) is 103 cm³/mol. The second-order valence-corrected chi connectivity index (χ2v) is 8.46. The first-order chi connectivity index (χ1) is 13.4. The Labute approximate surface area is 167 Å². The van der Waals surface area contributed by atoms with Gasteiger partial charge in [-0.05, 0) is 43.2 Å². The molecule has 1 fully saturated rings. The summed E-state index contributed by atoms with van der Waals surface area (Å²) in [5.41, 5.74) is 0.472. The number of amides is 1. The smallest absolute Gasteiger partial charge is 0.338 e. The van der Waals surface area contributed by atoms with Crippen LogP contribution in [0.25, 0.3) is 0 Å². The van der Waals surface area contributed by atoms with Gasteiger partial charge in [-0.3, -0.25) is 4.79 Å². The lowest BCUT2D eigenvalue weighted by molar-refractivity contribution is -0.119. The van der Waals surface area contributed by atoms with Crippen LogP contribution in [0, 0.1) is 0 Å². The van der Waals surface area contributed by atoms with E-state index in [1.165, 1.54) is 34.8 Å². The molecule has 1 aliphatic heterocycles. The number of hydrogen-bond donors (Lipinski definition) is 1. The first-order valence-corrected chi connectivity index (χ1v) is 10.4. The molecule has 1 aromatic carbocycles. The van der Waals surface area contributed by atoms with Crippen LogP contribution in [-0.4, -0.2) is 49.3 Å². The van der Waals surface area contributed by atoms with Crippen molar-refractivity contribution in [1.29, 1.82) is 0 Å². The molecule has 1 aromatic heterocycles. The molecule has 1 amide bonds. The first kappa shape index (κ1) is 20.2. The molecule has 1 N–H and O–H groups in total. The number of anilines is 1. The highest BCUT2D eigenvalue weighted by Gasteiger charge is 2.27. The van der Waals surface area contributed by atoms with E-state index in [1.807, 2.05) is 0 Å². The summed E-state index contributed by atoms with van der Waals surface area (Å²) in [5, 5.41) is 2.66. The molecule has 1 saturated heterocycles. The maximum absolute atomic E-state index is 12.6. The number of halogens is 1. The maximum Gasteiger partial charge on any atom is 0.338 e. The Morgan fingerprint density at radius 2 is 1.93 bits per heavy atom. The van der Waals surface area contributed by atoms with E-state index < -0.39 is 28.5 Å². The van der Waals surface area contributed by atoms with Gasteiger partial charge in [0.1, 0.15) is 5.15 Å². The molecule has 1 aliphatic rings. The van der Waals surface area contributed by atoms with Crippen molar-refractivity contribution >= 4 is 39.2 Å². The SMILES string of the molecule is O=C(COC(=O)c1ccnc(Cl)c1)Nc1cccc(S(=O)(=O)N2CCCC2)c1. The highest BCUT2D eigenvalue weighted by molar-refractivity contribution is 7.89. The molecule has 2 heterocycles. The van der Waals surface area contributed by atoms with Gasteiger partial charge >= 0.3 is 5.97 Å². The number of hydrogen-bond acceptors (Lipinski definition) is 6. The molecule has 3 rings (SSSR count). The number of rotatable bonds is 6. The fourth-order valence-corrected chi connectivity index (χ4v) is 4.49. The summed E-state index contributed by atoms with van der Waals surface area (Å²) in [6, 6.07) is 8.72. The molecular formula is C18H18ClN3O5S. The van der Waals surface area contributed by atoms with Gasteiger partial charge in [-0.25, -0.2) is 18.2 Å². The minimum atomic E-state index is -3.58. The van der Waals surface area contributed by atoms with Gasteiger partial charge in [0.2, 0.25) is 10.0 Å². The highest BCUT2D eigenvalue weighted by Crippen LogP contribution is 2.23. The molecule has 0 bridgehead atoms. The number of esters is 1. The molecule has 0 unspecified atom stereocenters. The highest BCUT2D eigenvalue weighted by atomic mass is 35.5. The van der Waals surface area contributed by atoms with E-state index in [0.717, 1.165) is 12.8 Å². The van der Waals surface area contributed by atoms with E-state index in [0.29, 0.717) is 18.8 Å². The van der Waals surface area contributed by atoms with E-state index in [1.54, 1.807) is 12.1 Å². The number of nitrogens with zero attached hydrogens (tertiary/aromatic N) is 2. The Hall–Kier alpha value is -2.49. The number of ether oxygens (including phenoxy) is 1. The average Bonchev–Trinajstić information content (AvgIpc) is 3.22. The van der Waals surface area contributed by atoms with E-state index in [9.17, 15) is 18.0 Å². The number of carbonyl (C=O) groups excluding carboxylic acids is 2. The second kappa shape index (κ2) is 8.68. The number of carbonyl (C=O) groups is 2. The largest absolute Gasteiger partial charge is 0.452 e. The monoisotopic (exact) mass is 423 g/mol. The van der Waals surface area contributed by atoms with Crippen LogP contribution in [0.4, 0.5) is 5.69 Å². The van der Waals surface area contributed by atoms with Gasteiger partial charge in [0.25, 0.3) is 5.91 Å². The van der Waals surface area contributed by atoms with Crippen molar-refractivity contribution in [3.8, 4) is 0 Å². The number of nitrogens with one attached hydrogen (secondary N) is 1. The fraction of sp³-hybridized carbons (Fsp3) is 0.278. The van der Waals surface area contributed by atoms with Gasteiger partial charge in [-0.15, -0.1) is 0 Å². The number of benzene rings is 1. The van der Waals surface area contributed by atoms with Crippen LogP contribution in [0.2, 0.25) is 5.15 Å². The van der Waals surface area contributed by atoms with Crippen LogP contribution in [0.15, 0.2) is 47.5 Å². The van der Waals surface area contributed by atoms with Gasteiger partial charge in [-0.2, -0.15) is 4.31 Å². The van der Waals surface area contributed by atoms with Gasteiger partial charge < -0.3 is 10.1 Å². The Bertz CT molecular complexity index is 990. The van der Waals surface area contributed by atoms with E-state index in [2.05, 4.69) is 10.3 Å². The van der Waals surface area contributed by atoms with Crippen molar-refractivity contribution in [3.63, 3.8) is 0 Å².